The van der Waals surface area contributed by atoms with E-state index in [4.69, 9.17) is 0 Å². The highest BCUT2D eigenvalue weighted by Crippen LogP contribution is 2.24. The molecule has 0 saturated carbocycles. The smallest absolute Gasteiger partial charge is 0.167 e. The first-order valence-electron chi connectivity index (χ1n) is 6.65. The molecule has 0 spiro atoms. The van der Waals surface area contributed by atoms with Crippen LogP contribution in [0.2, 0.25) is 0 Å². The zero-order chi connectivity index (χ0) is 13.5. The molecule has 1 aromatic rings. The molecule has 0 radical (unpaired) electrons. The van der Waals surface area contributed by atoms with E-state index in [1.54, 1.807) is 12.1 Å². The molecule has 102 valence electrons. The van der Waals surface area contributed by atoms with Crippen molar-refractivity contribution in [2.45, 2.75) is 32.6 Å². The highest BCUT2D eigenvalue weighted by atomic mass is 19.1. The van der Waals surface area contributed by atoms with E-state index < -0.39 is 5.82 Å². The number of phenols is 1. The van der Waals surface area contributed by atoms with Crippen LogP contribution in [-0.2, 0) is 6.42 Å². The molecule has 0 heterocycles. The third kappa shape index (κ3) is 4.65. The van der Waals surface area contributed by atoms with Gasteiger partial charge in [-0.3, -0.25) is 0 Å². The zero-order valence-electron chi connectivity index (χ0n) is 11.6. The van der Waals surface area contributed by atoms with Gasteiger partial charge in [-0.1, -0.05) is 31.9 Å². The van der Waals surface area contributed by atoms with E-state index >= 15 is 0 Å². The molecule has 1 N–H and O–H groups in total. The molecule has 1 aromatic carbocycles. The summed E-state index contributed by atoms with van der Waals surface area (Å²) in [5.74, 6) is -0.215. The number of nitrogens with zero attached hydrogens (tertiary/aromatic N) is 1. The summed E-state index contributed by atoms with van der Waals surface area (Å²) in [5, 5.41) is 9.38. The lowest BCUT2D eigenvalue weighted by Gasteiger charge is -2.19. The van der Waals surface area contributed by atoms with Crippen molar-refractivity contribution in [2.24, 2.45) is 5.92 Å². The average molecular weight is 253 g/mol. The molecule has 0 aromatic heterocycles. The van der Waals surface area contributed by atoms with Crippen molar-refractivity contribution in [1.29, 1.82) is 0 Å². The van der Waals surface area contributed by atoms with Gasteiger partial charge in [0.05, 0.1) is 0 Å². The van der Waals surface area contributed by atoms with E-state index in [1.807, 2.05) is 0 Å². The minimum atomic E-state index is -0.455. The molecular weight excluding hydrogens is 229 g/mol. The number of aromatic hydroxyl groups is 1. The maximum Gasteiger partial charge on any atom is 0.167 e. The summed E-state index contributed by atoms with van der Waals surface area (Å²) in [6.07, 6.45) is 3.99. The van der Waals surface area contributed by atoms with Crippen molar-refractivity contribution in [2.75, 3.05) is 20.6 Å². The normalized spacial score (nSPS) is 12.9. The lowest BCUT2D eigenvalue weighted by atomic mass is 9.91. The number of benzene rings is 1. The highest BCUT2D eigenvalue weighted by molar-refractivity contribution is 5.30. The van der Waals surface area contributed by atoms with Crippen LogP contribution in [0.25, 0.3) is 0 Å². The van der Waals surface area contributed by atoms with Crippen molar-refractivity contribution in [3.05, 3.63) is 29.6 Å². The molecule has 18 heavy (non-hydrogen) atoms. The minimum Gasteiger partial charge on any atom is -0.505 e. The second-order valence-corrected chi connectivity index (χ2v) is 5.20. The summed E-state index contributed by atoms with van der Waals surface area (Å²) in [7, 11) is 4.11. The van der Waals surface area contributed by atoms with Gasteiger partial charge in [-0.2, -0.15) is 0 Å². The van der Waals surface area contributed by atoms with Crippen LogP contribution in [0.15, 0.2) is 18.2 Å². The Morgan fingerprint density at radius 2 is 2.00 bits per heavy atom. The molecule has 0 aliphatic carbocycles. The Bertz CT molecular complexity index is 366. The van der Waals surface area contributed by atoms with Crippen LogP contribution < -0.4 is 0 Å². The van der Waals surface area contributed by atoms with Crippen LogP contribution in [0.1, 0.15) is 31.7 Å². The molecule has 0 amide bonds. The van der Waals surface area contributed by atoms with E-state index in [0.717, 1.165) is 25.8 Å². The second-order valence-electron chi connectivity index (χ2n) is 5.20. The fraction of sp³-hybridized carbons (Fsp3) is 0.600. The molecule has 3 heteroatoms. The molecule has 1 rings (SSSR count). The van der Waals surface area contributed by atoms with Crippen molar-refractivity contribution in [3.63, 3.8) is 0 Å². The van der Waals surface area contributed by atoms with Gasteiger partial charge in [-0.05, 0) is 51.0 Å². The number of phenolic OH excluding ortho intramolecular Hbond substituents is 1. The monoisotopic (exact) mass is 253 g/mol. The summed E-state index contributed by atoms with van der Waals surface area (Å²) >= 11 is 0. The predicted molar refractivity (Wildman–Crippen MR) is 73.3 cm³/mol. The first kappa shape index (κ1) is 15.0. The summed E-state index contributed by atoms with van der Waals surface area (Å²) in [5.41, 5.74) is 0.632. The van der Waals surface area contributed by atoms with Gasteiger partial charge in [-0.15, -0.1) is 0 Å². The van der Waals surface area contributed by atoms with Gasteiger partial charge in [0.1, 0.15) is 0 Å². The van der Waals surface area contributed by atoms with E-state index in [-0.39, 0.29) is 5.75 Å². The van der Waals surface area contributed by atoms with E-state index in [9.17, 15) is 9.50 Å². The summed E-state index contributed by atoms with van der Waals surface area (Å²) in [6.45, 7) is 3.17. The zero-order valence-corrected chi connectivity index (χ0v) is 11.6. The first-order chi connectivity index (χ1) is 8.54. The third-order valence-corrected chi connectivity index (χ3v) is 3.25. The first-order valence-corrected chi connectivity index (χ1v) is 6.65. The van der Waals surface area contributed by atoms with Crippen molar-refractivity contribution in [1.82, 2.24) is 4.90 Å². The highest BCUT2D eigenvalue weighted by Gasteiger charge is 2.14. The number of hydrogen-bond donors (Lipinski definition) is 1. The molecule has 0 bridgehead atoms. The van der Waals surface area contributed by atoms with Crippen LogP contribution in [0.4, 0.5) is 4.39 Å². The van der Waals surface area contributed by atoms with Gasteiger partial charge in [0, 0.05) is 0 Å². The molecular formula is C15H24FNO. The van der Waals surface area contributed by atoms with Crippen molar-refractivity contribution in [3.8, 4) is 5.75 Å². The van der Waals surface area contributed by atoms with Crippen LogP contribution >= 0.6 is 0 Å². The maximum atomic E-state index is 13.7. The Hall–Kier alpha value is -1.09. The topological polar surface area (TPSA) is 23.5 Å². The molecule has 1 atom stereocenters. The number of rotatable bonds is 7. The third-order valence-electron chi connectivity index (χ3n) is 3.25. The Balaban J connectivity index is 2.67. The number of hydrogen-bond acceptors (Lipinski definition) is 2. The van der Waals surface area contributed by atoms with Crippen molar-refractivity contribution < 1.29 is 9.50 Å². The van der Waals surface area contributed by atoms with Gasteiger partial charge >= 0.3 is 0 Å². The molecule has 0 aliphatic heterocycles. The van der Waals surface area contributed by atoms with E-state index in [0.29, 0.717) is 17.9 Å². The van der Waals surface area contributed by atoms with Crippen LogP contribution in [0.5, 0.6) is 5.75 Å². The Morgan fingerprint density at radius 3 is 2.61 bits per heavy atom. The van der Waals surface area contributed by atoms with Crippen LogP contribution in [0.3, 0.4) is 0 Å². The van der Waals surface area contributed by atoms with Crippen LogP contribution in [0, 0.1) is 11.7 Å². The average Bonchev–Trinajstić information content (AvgIpc) is 2.32. The van der Waals surface area contributed by atoms with Gasteiger partial charge in [-0.25, -0.2) is 4.39 Å². The maximum absolute atomic E-state index is 13.7. The lowest BCUT2D eigenvalue weighted by Crippen LogP contribution is -2.18. The Kier molecular flexibility index (Phi) is 6.13. The summed E-state index contributed by atoms with van der Waals surface area (Å²) < 4.78 is 13.7. The molecule has 0 saturated heterocycles. The predicted octanol–water partition coefficient (Wildman–Crippen LogP) is 3.44. The molecule has 0 aliphatic rings. The Labute approximate surface area is 109 Å². The quantitative estimate of drug-likeness (QED) is 0.804. The van der Waals surface area contributed by atoms with E-state index in [1.165, 1.54) is 6.07 Å². The SMILES string of the molecule is CCC[C@H](CCN(C)C)Cc1cccc(O)c1F. The van der Waals surface area contributed by atoms with Gasteiger partial charge in [0.25, 0.3) is 0 Å². The lowest BCUT2D eigenvalue weighted by molar-refractivity contribution is 0.333. The largest absolute Gasteiger partial charge is 0.505 e. The summed E-state index contributed by atoms with van der Waals surface area (Å²) in [4.78, 5) is 2.15. The van der Waals surface area contributed by atoms with Gasteiger partial charge in [0.15, 0.2) is 11.6 Å². The second kappa shape index (κ2) is 7.37. The fourth-order valence-corrected chi connectivity index (χ4v) is 2.23. The number of halogens is 1. The van der Waals surface area contributed by atoms with E-state index in [2.05, 4.69) is 25.9 Å². The molecule has 0 unspecified atom stereocenters. The fourth-order valence-electron chi connectivity index (χ4n) is 2.23. The van der Waals surface area contributed by atoms with Gasteiger partial charge < -0.3 is 10.0 Å². The van der Waals surface area contributed by atoms with Crippen LogP contribution in [-0.4, -0.2) is 30.6 Å². The molecule has 0 fully saturated rings. The Morgan fingerprint density at radius 1 is 1.28 bits per heavy atom. The summed E-state index contributed by atoms with van der Waals surface area (Å²) in [6, 6.07) is 4.88. The molecule has 2 nitrogen and oxygen atoms in total. The standard InChI is InChI=1S/C15H24FNO/c1-4-6-12(9-10-17(2)3)11-13-7-5-8-14(18)15(13)16/h5,7-8,12,18H,4,6,9-11H2,1-3H3/t12-/m1/s1. The van der Waals surface area contributed by atoms with Crippen molar-refractivity contribution >= 4 is 0 Å². The van der Waals surface area contributed by atoms with Gasteiger partial charge in [0.2, 0.25) is 0 Å². The minimum absolute atomic E-state index is 0.240.